The van der Waals surface area contributed by atoms with E-state index in [9.17, 15) is 0 Å². The molecular formula is C12H17BrClN3. The van der Waals surface area contributed by atoms with Crippen LogP contribution >= 0.6 is 27.5 Å². The summed E-state index contributed by atoms with van der Waals surface area (Å²) in [6.45, 7) is 1.49. The largest absolute Gasteiger partial charge is 0.351 e. The van der Waals surface area contributed by atoms with Crippen LogP contribution in [0.4, 0.5) is 5.82 Å². The van der Waals surface area contributed by atoms with Crippen LogP contribution in [-0.4, -0.2) is 24.1 Å². The molecule has 0 aliphatic heterocycles. The molecule has 0 atom stereocenters. The monoisotopic (exact) mass is 317 g/mol. The van der Waals surface area contributed by atoms with Crippen LogP contribution in [0.3, 0.4) is 0 Å². The summed E-state index contributed by atoms with van der Waals surface area (Å²) in [5.41, 5.74) is 5.70. The molecule has 0 amide bonds. The summed E-state index contributed by atoms with van der Waals surface area (Å²) < 4.78 is 0.949. The summed E-state index contributed by atoms with van der Waals surface area (Å²) >= 11 is 9.46. The number of nitrogens with two attached hydrogens (primary N) is 1. The van der Waals surface area contributed by atoms with Gasteiger partial charge in [-0.2, -0.15) is 0 Å². The number of pyridine rings is 1. The van der Waals surface area contributed by atoms with Gasteiger partial charge in [-0.25, -0.2) is 4.98 Å². The Morgan fingerprint density at radius 2 is 2.18 bits per heavy atom. The van der Waals surface area contributed by atoms with Gasteiger partial charge in [0, 0.05) is 25.3 Å². The first-order valence-corrected chi connectivity index (χ1v) is 7.17. The quantitative estimate of drug-likeness (QED) is 0.927. The molecule has 2 N–H and O–H groups in total. The minimum atomic E-state index is 0.573. The van der Waals surface area contributed by atoms with Crippen molar-refractivity contribution in [3.63, 3.8) is 0 Å². The molecule has 3 nitrogen and oxygen atoms in total. The lowest BCUT2D eigenvalue weighted by Gasteiger charge is -2.30. The molecule has 94 valence electrons. The molecule has 1 aromatic heterocycles. The van der Waals surface area contributed by atoms with E-state index in [0.29, 0.717) is 17.6 Å². The third kappa shape index (κ3) is 3.12. The Morgan fingerprint density at radius 1 is 1.47 bits per heavy atom. The van der Waals surface area contributed by atoms with E-state index >= 15 is 0 Å². The van der Waals surface area contributed by atoms with Gasteiger partial charge in [-0.1, -0.05) is 24.4 Å². The van der Waals surface area contributed by atoms with Crippen LogP contribution in [0, 0.1) is 0 Å². The zero-order chi connectivity index (χ0) is 12.3. The first kappa shape index (κ1) is 13.1. The van der Waals surface area contributed by atoms with E-state index < -0.39 is 0 Å². The van der Waals surface area contributed by atoms with E-state index in [1.54, 1.807) is 6.20 Å². The fraction of sp³-hybridized carbons (Fsp3) is 0.583. The van der Waals surface area contributed by atoms with Gasteiger partial charge in [-0.05, 0) is 34.8 Å². The van der Waals surface area contributed by atoms with Crippen molar-refractivity contribution in [2.24, 2.45) is 5.73 Å². The van der Waals surface area contributed by atoms with E-state index in [-0.39, 0.29) is 0 Å². The predicted octanol–water partition coefficient (Wildman–Crippen LogP) is 3.21. The van der Waals surface area contributed by atoms with Gasteiger partial charge in [0.1, 0.15) is 5.82 Å². The molecule has 1 fully saturated rings. The molecule has 0 aromatic carbocycles. The number of hydrogen-bond donors (Lipinski definition) is 1. The van der Waals surface area contributed by atoms with E-state index in [2.05, 4.69) is 25.8 Å². The summed E-state index contributed by atoms with van der Waals surface area (Å²) in [6.07, 6.45) is 6.77. The van der Waals surface area contributed by atoms with E-state index in [0.717, 1.165) is 16.8 Å². The number of nitrogens with zero attached hydrogens (tertiary/aromatic N) is 2. The molecule has 17 heavy (non-hydrogen) atoms. The SMILES string of the molecule is NCCN(c1ncc(Cl)cc1Br)C1CCCC1. The molecule has 0 radical (unpaired) electrons. The Labute approximate surface area is 115 Å². The van der Waals surface area contributed by atoms with Crippen molar-refractivity contribution >= 4 is 33.3 Å². The Kier molecular flexibility index (Phi) is 4.65. The van der Waals surface area contributed by atoms with Crippen molar-refractivity contribution in [3.8, 4) is 0 Å². The molecule has 0 saturated heterocycles. The normalized spacial score (nSPS) is 16.4. The van der Waals surface area contributed by atoms with Gasteiger partial charge in [-0.3, -0.25) is 0 Å². The van der Waals surface area contributed by atoms with Gasteiger partial charge in [0.2, 0.25) is 0 Å². The van der Waals surface area contributed by atoms with Gasteiger partial charge in [0.05, 0.1) is 9.50 Å². The van der Waals surface area contributed by atoms with Crippen molar-refractivity contribution in [2.75, 3.05) is 18.0 Å². The topological polar surface area (TPSA) is 42.1 Å². The summed E-state index contributed by atoms with van der Waals surface area (Å²) in [7, 11) is 0. The summed E-state index contributed by atoms with van der Waals surface area (Å²) in [4.78, 5) is 6.75. The number of aromatic nitrogens is 1. The first-order valence-electron chi connectivity index (χ1n) is 6.00. The van der Waals surface area contributed by atoms with Crippen molar-refractivity contribution in [1.29, 1.82) is 0 Å². The zero-order valence-corrected chi connectivity index (χ0v) is 12.0. The molecule has 1 saturated carbocycles. The molecular weight excluding hydrogens is 302 g/mol. The molecule has 2 rings (SSSR count). The highest BCUT2D eigenvalue weighted by Gasteiger charge is 2.24. The Hall–Kier alpha value is -0.320. The van der Waals surface area contributed by atoms with Crippen LogP contribution in [-0.2, 0) is 0 Å². The van der Waals surface area contributed by atoms with Crippen molar-refractivity contribution in [3.05, 3.63) is 21.8 Å². The number of halogens is 2. The van der Waals surface area contributed by atoms with E-state index in [1.807, 2.05) is 6.07 Å². The van der Waals surface area contributed by atoms with Gasteiger partial charge in [0.15, 0.2) is 0 Å². The standard InChI is InChI=1S/C12H17BrClN3/c13-11-7-9(14)8-16-12(11)17(6-5-15)10-3-1-2-4-10/h7-8,10H,1-6,15H2. The molecule has 1 aliphatic rings. The lowest BCUT2D eigenvalue weighted by atomic mass is 10.2. The smallest absolute Gasteiger partial charge is 0.143 e. The van der Waals surface area contributed by atoms with Crippen molar-refractivity contribution in [2.45, 2.75) is 31.7 Å². The fourth-order valence-electron chi connectivity index (χ4n) is 2.44. The second kappa shape index (κ2) is 6.03. The van der Waals surface area contributed by atoms with Crippen LogP contribution in [0.1, 0.15) is 25.7 Å². The van der Waals surface area contributed by atoms with Gasteiger partial charge in [0.25, 0.3) is 0 Å². The third-order valence-electron chi connectivity index (χ3n) is 3.20. The molecule has 1 aromatic rings. The first-order chi connectivity index (χ1) is 8.22. The predicted molar refractivity (Wildman–Crippen MR) is 75.6 cm³/mol. The maximum atomic E-state index is 5.92. The van der Waals surface area contributed by atoms with Crippen molar-refractivity contribution < 1.29 is 0 Å². The molecule has 1 heterocycles. The Bertz CT molecular complexity index is 380. The number of rotatable bonds is 4. The molecule has 0 unspecified atom stereocenters. The maximum Gasteiger partial charge on any atom is 0.143 e. The summed E-state index contributed by atoms with van der Waals surface area (Å²) in [5, 5.41) is 0.653. The molecule has 5 heteroatoms. The second-order valence-electron chi connectivity index (χ2n) is 4.38. The van der Waals surface area contributed by atoms with Gasteiger partial charge in [-0.15, -0.1) is 0 Å². The zero-order valence-electron chi connectivity index (χ0n) is 9.70. The van der Waals surface area contributed by atoms with E-state index in [4.69, 9.17) is 17.3 Å². The second-order valence-corrected chi connectivity index (χ2v) is 5.67. The van der Waals surface area contributed by atoms with Gasteiger partial charge >= 0.3 is 0 Å². The lowest BCUT2D eigenvalue weighted by Crippen LogP contribution is -2.38. The highest BCUT2D eigenvalue weighted by atomic mass is 79.9. The highest BCUT2D eigenvalue weighted by Crippen LogP contribution is 2.32. The maximum absolute atomic E-state index is 5.92. The summed E-state index contributed by atoms with van der Waals surface area (Å²) in [5.74, 6) is 0.965. The van der Waals surface area contributed by atoms with E-state index in [1.165, 1.54) is 25.7 Å². The van der Waals surface area contributed by atoms with Crippen LogP contribution in [0.2, 0.25) is 5.02 Å². The molecule has 1 aliphatic carbocycles. The van der Waals surface area contributed by atoms with Gasteiger partial charge < -0.3 is 10.6 Å². The Morgan fingerprint density at radius 3 is 2.76 bits per heavy atom. The Balaban J connectivity index is 2.24. The number of hydrogen-bond acceptors (Lipinski definition) is 3. The minimum absolute atomic E-state index is 0.573. The third-order valence-corrected chi connectivity index (χ3v) is 3.99. The number of anilines is 1. The van der Waals surface area contributed by atoms with Crippen LogP contribution in [0.15, 0.2) is 16.7 Å². The molecule has 0 spiro atoms. The van der Waals surface area contributed by atoms with Crippen LogP contribution in [0.25, 0.3) is 0 Å². The average Bonchev–Trinajstić information content (AvgIpc) is 2.80. The average molecular weight is 319 g/mol. The van der Waals surface area contributed by atoms with Crippen LogP contribution < -0.4 is 10.6 Å². The fourth-order valence-corrected chi connectivity index (χ4v) is 3.30. The minimum Gasteiger partial charge on any atom is -0.351 e. The lowest BCUT2D eigenvalue weighted by molar-refractivity contribution is 0.601. The van der Waals surface area contributed by atoms with Crippen molar-refractivity contribution in [1.82, 2.24) is 4.98 Å². The van der Waals surface area contributed by atoms with Crippen LogP contribution in [0.5, 0.6) is 0 Å². The highest BCUT2D eigenvalue weighted by molar-refractivity contribution is 9.10. The summed E-state index contributed by atoms with van der Waals surface area (Å²) in [6, 6.07) is 2.46. The molecule has 0 bridgehead atoms.